The number of nitrogens with two attached hydrogens (primary N) is 1. The molecule has 3 nitrogen and oxygen atoms in total. The van der Waals surface area contributed by atoms with Crippen molar-refractivity contribution in [1.29, 1.82) is 0 Å². The number of piperidine rings is 1. The molecule has 1 aliphatic heterocycles. The largest absolute Gasteiger partial charge is 0.390 e. The summed E-state index contributed by atoms with van der Waals surface area (Å²) in [4.78, 5) is 2.53. The van der Waals surface area contributed by atoms with Crippen molar-refractivity contribution in [3.63, 3.8) is 0 Å². The molecule has 1 saturated heterocycles. The molecule has 1 heterocycles. The average Bonchev–Trinajstić information content (AvgIpc) is 2.32. The SMILES string of the molecule is CC1CCCC(CN)(CN2CCC(C)(O)CC2)C1. The lowest BCUT2D eigenvalue weighted by atomic mass is 9.69. The Hall–Kier alpha value is -0.120. The molecular weight excluding hydrogens is 224 g/mol. The smallest absolute Gasteiger partial charge is 0.0644 e. The van der Waals surface area contributed by atoms with Gasteiger partial charge in [0.15, 0.2) is 0 Å². The average molecular weight is 254 g/mol. The highest BCUT2D eigenvalue weighted by atomic mass is 16.3. The number of aliphatic hydroxyl groups is 1. The predicted octanol–water partition coefficient (Wildman–Crippen LogP) is 1.99. The minimum atomic E-state index is -0.438. The lowest BCUT2D eigenvalue weighted by Crippen LogP contribution is -2.50. The first-order chi connectivity index (χ1) is 8.45. The van der Waals surface area contributed by atoms with Gasteiger partial charge in [0.05, 0.1) is 5.60 Å². The summed E-state index contributed by atoms with van der Waals surface area (Å²) in [5, 5.41) is 10.0. The van der Waals surface area contributed by atoms with E-state index in [1.54, 1.807) is 0 Å². The summed E-state index contributed by atoms with van der Waals surface area (Å²) in [5.74, 6) is 0.829. The summed E-state index contributed by atoms with van der Waals surface area (Å²) in [6.45, 7) is 8.36. The van der Waals surface area contributed by atoms with E-state index in [9.17, 15) is 5.11 Å². The van der Waals surface area contributed by atoms with Crippen LogP contribution < -0.4 is 5.73 Å². The molecule has 2 aliphatic rings. The zero-order valence-electron chi connectivity index (χ0n) is 12.1. The molecule has 1 aliphatic carbocycles. The van der Waals surface area contributed by atoms with Crippen LogP contribution in [0.2, 0.25) is 0 Å². The molecule has 106 valence electrons. The van der Waals surface area contributed by atoms with E-state index in [-0.39, 0.29) is 0 Å². The quantitative estimate of drug-likeness (QED) is 0.810. The first-order valence-electron chi connectivity index (χ1n) is 7.60. The van der Waals surface area contributed by atoms with E-state index < -0.39 is 5.60 Å². The molecule has 0 spiro atoms. The first kappa shape index (κ1) is 14.3. The summed E-state index contributed by atoms with van der Waals surface area (Å²) in [6.07, 6.45) is 7.10. The van der Waals surface area contributed by atoms with Gasteiger partial charge in [0.2, 0.25) is 0 Å². The number of hydrogen-bond donors (Lipinski definition) is 2. The van der Waals surface area contributed by atoms with Crippen LogP contribution >= 0.6 is 0 Å². The monoisotopic (exact) mass is 254 g/mol. The maximum Gasteiger partial charge on any atom is 0.0644 e. The van der Waals surface area contributed by atoms with Crippen LogP contribution in [0.25, 0.3) is 0 Å². The lowest BCUT2D eigenvalue weighted by Gasteiger charge is -2.45. The Bertz CT molecular complexity index is 270. The second-order valence-electron chi connectivity index (χ2n) is 7.18. The lowest BCUT2D eigenvalue weighted by molar-refractivity contribution is -0.0213. The molecule has 2 rings (SSSR count). The van der Waals surface area contributed by atoms with Gasteiger partial charge in [-0.25, -0.2) is 0 Å². The molecule has 0 amide bonds. The van der Waals surface area contributed by atoms with Crippen LogP contribution in [0.4, 0.5) is 0 Å². The maximum atomic E-state index is 10.0. The van der Waals surface area contributed by atoms with Gasteiger partial charge in [-0.1, -0.05) is 19.8 Å². The molecule has 0 bridgehead atoms. The van der Waals surface area contributed by atoms with E-state index in [1.807, 2.05) is 6.92 Å². The topological polar surface area (TPSA) is 49.5 Å². The third-order valence-corrected chi connectivity index (χ3v) is 5.11. The second kappa shape index (κ2) is 5.48. The number of rotatable bonds is 3. The van der Waals surface area contributed by atoms with Crippen LogP contribution in [-0.4, -0.2) is 41.8 Å². The minimum Gasteiger partial charge on any atom is -0.390 e. The van der Waals surface area contributed by atoms with Gasteiger partial charge >= 0.3 is 0 Å². The van der Waals surface area contributed by atoms with Crippen molar-refractivity contribution in [2.75, 3.05) is 26.2 Å². The van der Waals surface area contributed by atoms with Crippen molar-refractivity contribution < 1.29 is 5.11 Å². The number of nitrogens with zero attached hydrogens (tertiary/aromatic N) is 1. The molecule has 0 aromatic heterocycles. The fraction of sp³-hybridized carbons (Fsp3) is 1.00. The molecular formula is C15H30N2O. The summed E-state index contributed by atoms with van der Waals surface area (Å²) in [7, 11) is 0. The Morgan fingerprint density at radius 1 is 1.28 bits per heavy atom. The summed E-state index contributed by atoms with van der Waals surface area (Å²) in [6, 6.07) is 0. The van der Waals surface area contributed by atoms with Crippen molar-refractivity contribution >= 4 is 0 Å². The fourth-order valence-corrected chi connectivity index (χ4v) is 3.83. The Balaban J connectivity index is 1.90. The van der Waals surface area contributed by atoms with Crippen molar-refractivity contribution in [1.82, 2.24) is 4.90 Å². The standard InChI is InChI=1S/C15H30N2O/c1-13-4-3-5-15(10-13,11-16)12-17-8-6-14(2,18)7-9-17/h13,18H,3-12,16H2,1-2H3. The van der Waals surface area contributed by atoms with E-state index in [1.165, 1.54) is 25.7 Å². The van der Waals surface area contributed by atoms with Gasteiger partial charge in [-0.05, 0) is 50.5 Å². The Morgan fingerprint density at radius 3 is 2.50 bits per heavy atom. The molecule has 2 fully saturated rings. The normalized spacial score (nSPS) is 37.7. The molecule has 0 radical (unpaired) electrons. The molecule has 0 aromatic carbocycles. The summed E-state index contributed by atoms with van der Waals surface area (Å²) >= 11 is 0. The number of likely N-dealkylation sites (tertiary alicyclic amines) is 1. The zero-order valence-corrected chi connectivity index (χ0v) is 12.1. The molecule has 3 heteroatoms. The van der Waals surface area contributed by atoms with Gasteiger partial charge < -0.3 is 15.7 Å². The molecule has 2 atom stereocenters. The third kappa shape index (κ3) is 3.46. The molecule has 1 saturated carbocycles. The highest BCUT2D eigenvalue weighted by molar-refractivity contribution is 4.91. The fourth-order valence-electron chi connectivity index (χ4n) is 3.83. The highest BCUT2D eigenvalue weighted by Gasteiger charge is 2.37. The Labute approximate surface area is 112 Å². The van der Waals surface area contributed by atoms with Crippen molar-refractivity contribution in [2.24, 2.45) is 17.1 Å². The van der Waals surface area contributed by atoms with E-state index in [2.05, 4.69) is 11.8 Å². The van der Waals surface area contributed by atoms with Gasteiger partial charge in [-0.2, -0.15) is 0 Å². The van der Waals surface area contributed by atoms with Gasteiger partial charge in [-0.3, -0.25) is 0 Å². The van der Waals surface area contributed by atoms with Crippen molar-refractivity contribution in [3.05, 3.63) is 0 Å². The second-order valence-corrected chi connectivity index (χ2v) is 7.18. The van der Waals surface area contributed by atoms with Crippen LogP contribution in [0.15, 0.2) is 0 Å². The highest BCUT2D eigenvalue weighted by Crippen LogP contribution is 2.39. The Morgan fingerprint density at radius 2 is 1.94 bits per heavy atom. The molecule has 2 unspecified atom stereocenters. The molecule has 18 heavy (non-hydrogen) atoms. The summed E-state index contributed by atoms with van der Waals surface area (Å²) < 4.78 is 0. The van der Waals surface area contributed by atoms with Gasteiger partial charge in [0, 0.05) is 19.6 Å². The van der Waals surface area contributed by atoms with E-state index in [0.717, 1.165) is 44.9 Å². The summed E-state index contributed by atoms with van der Waals surface area (Å²) in [5.41, 5.74) is 6.00. The third-order valence-electron chi connectivity index (χ3n) is 5.11. The van der Waals surface area contributed by atoms with Crippen LogP contribution in [0.1, 0.15) is 52.4 Å². The van der Waals surface area contributed by atoms with Crippen LogP contribution in [-0.2, 0) is 0 Å². The predicted molar refractivity (Wildman–Crippen MR) is 75.4 cm³/mol. The number of hydrogen-bond acceptors (Lipinski definition) is 3. The van der Waals surface area contributed by atoms with Crippen LogP contribution in [0.5, 0.6) is 0 Å². The van der Waals surface area contributed by atoms with Gasteiger partial charge in [-0.15, -0.1) is 0 Å². The molecule has 3 N–H and O–H groups in total. The zero-order chi connectivity index (χ0) is 13.2. The maximum absolute atomic E-state index is 10.0. The van der Waals surface area contributed by atoms with Crippen molar-refractivity contribution in [2.45, 2.75) is 58.0 Å². The van der Waals surface area contributed by atoms with Gasteiger partial charge in [0.1, 0.15) is 0 Å². The van der Waals surface area contributed by atoms with E-state index in [4.69, 9.17) is 5.73 Å². The van der Waals surface area contributed by atoms with Gasteiger partial charge in [0.25, 0.3) is 0 Å². The van der Waals surface area contributed by atoms with Crippen LogP contribution in [0.3, 0.4) is 0 Å². The Kier molecular flexibility index (Phi) is 4.35. The van der Waals surface area contributed by atoms with Crippen molar-refractivity contribution in [3.8, 4) is 0 Å². The molecule has 0 aromatic rings. The first-order valence-corrected chi connectivity index (χ1v) is 7.60. The minimum absolute atomic E-state index is 0.348. The van der Waals surface area contributed by atoms with Crippen LogP contribution in [0, 0.1) is 11.3 Å². The van der Waals surface area contributed by atoms with E-state index >= 15 is 0 Å². The van der Waals surface area contributed by atoms with E-state index in [0.29, 0.717) is 5.41 Å².